The Morgan fingerprint density at radius 1 is 1.56 bits per heavy atom. The van der Waals surface area contributed by atoms with Crippen LogP contribution in [0.15, 0.2) is 18.3 Å². The largest absolute Gasteiger partial charge is 0.444 e. The molecule has 1 N–H and O–H groups in total. The number of halogens is 1. The first kappa shape index (κ1) is 12.8. The van der Waals surface area contributed by atoms with Crippen LogP contribution in [0.4, 0.5) is 4.79 Å². The van der Waals surface area contributed by atoms with Crippen molar-refractivity contribution >= 4 is 17.7 Å². The summed E-state index contributed by atoms with van der Waals surface area (Å²) in [6, 6.07) is 3.46. The van der Waals surface area contributed by atoms with Gasteiger partial charge in [-0.2, -0.15) is 0 Å². The first-order valence-electron chi connectivity index (χ1n) is 4.95. The molecule has 0 bridgehead atoms. The molecule has 16 heavy (non-hydrogen) atoms. The van der Waals surface area contributed by atoms with Gasteiger partial charge in [-0.05, 0) is 32.9 Å². The van der Waals surface area contributed by atoms with Crippen LogP contribution in [0.3, 0.4) is 0 Å². The molecular weight excluding hydrogens is 228 g/mol. The molecule has 0 fully saturated rings. The van der Waals surface area contributed by atoms with Crippen molar-refractivity contribution in [3.63, 3.8) is 0 Å². The van der Waals surface area contributed by atoms with Gasteiger partial charge < -0.3 is 10.1 Å². The molecule has 0 aliphatic rings. The molecule has 0 saturated heterocycles. The quantitative estimate of drug-likeness (QED) is 0.868. The molecule has 0 radical (unpaired) electrons. The van der Waals surface area contributed by atoms with Gasteiger partial charge in [-0.25, -0.2) is 4.79 Å². The van der Waals surface area contributed by atoms with Gasteiger partial charge in [0.2, 0.25) is 0 Å². The van der Waals surface area contributed by atoms with Crippen LogP contribution in [0.1, 0.15) is 26.5 Å². The number of carbonyl (C=O) groups is 1. The second-order valence-electron chi connectivity index (χ2n) is 4.29. The van der Waals surface area contributed by atoms with Gasteiger partial charge in [0, 0.05) is 6.20 Å². The summed E-state index contributed by atoms with van der Waals surface area (Å²) in [5.74, 6) is 0. The fourth-order valence-electron chi connectivity index (χ4n) is 1.02. The second kappa shape index (κ2) is 5.16. The number of hydrogen-bond donors (Lipinski definition) is 1. The molecule has 1 heterocycles. The number of hydrogen-bond acceptors (Lipinski definition) is 3. The minimum atomic E-state index is -0.502. The van der Waals surface area contributed by atoms with Crippen molar-refractivity contribution in [2.45, 2.75) is 32.9 Å². The molecule has 0 aliphatic carbocycles. The highest BCUT2D eigenvalue weighted by Crippen LogP contribution is 2.12. The second-order valence-corrected chi connectivity index (χ2v) is 4.69. The van der Waals surface area contributed by atoms with Crippen molar-refractivity contribution in [1.29, 1.82) is 0 Å². The zero-order chi connectivity index (χ0) is 12.2. The molecule has 0 spiro atoms. The maximum Gasteiger partial charge on any atom is 0.407 e. The maximum absolute atomic E-state index is 11.3. The van der Waals surface area contributed by atoms with E-state index in [4.69, 9.17) is 16.3 Å². The van der Waals surface area contributed by atoms with Gasteiger partial charge >= 0.3 is 6.09 Å². The van der Waals surface area contributed by atoms with E-state index in [1.54, 1.807) is 39.1 Å². The van der Waals surface area contributed by atoms with E-state index < -0.39 is 11.7 Å². The number of aromatic nitrogens is 1. The third-order valence-corrected chi connectivity index (χ3v) is 1.98. The van der Waals surface area contributed by atoms with Crippen LogP contribution >= 0.6 is 11.6 Å². The van der Waals surface area contributed by atoms with E-state index >= 15 is 0 Å². The van der Waals surface area contributed by atoms with Crippen LogP contribution in [0, 0.1) is 0 Å². The Hall–Kier alpha value is -1.29. The third-order valence-electron chi connectivity index (χ3n) is 1.63. The first-order chi connectivity index (χ1) is 7.38. The fourth-order valence-corrected chi connectivity index (χ4v) is 1.21. The molecule has 0 atom stereocenters. The highest BCUT2D eigenvalue weighted by Gasteiger charge is 2.16. The Morgan fingerprint density at radius 3 is 2.81 bits per heavy atom. The van der Waals surface area contributed by atoms with Crippen LogP contribution in [-0.2, 0) is 11.3 Å². The highest BCUT2D eigenvalue weighted by molar-refractivity contribution is 6.31. The minimum Gasteiger partial charge on any atom is -0.444 e. The molecule has 0 unspecified atom stereocenters. The predicted molar refractivity (Wildman–Crippen MR) is 62.3 cm³/mol. The lowest BCUT2D eigenvalue weighted by Gasteiger charge is -2.19. The van der Waals surface area contributed by atoms with E-state index in [2.05, 4.69) is 10.3 Å². The number of alkyl carbamates (subject to hydrolysis) is 1. The number of pyridine rings is 1. The average Bonchev–Trinajstić information content (AvgIpc) is 2.14. The molecule has 5 heteroatoms. The van der Waals surface area contributed by atoms with E-state index in [-0.39, 0.29) is 6.54 Å². The predicted octanol–water partition coefficient (Wildman–Crippen LogP) is 2.76. The monoisotopic (exact) mass is 242 g/mol. The molecule has 1 aromatic rings. The average molecular weight is 243 g/mol. The van der Waals surface area contributed by atoms with Crippen LogP contribution in [-0.4, -0.2) is 16.7 Å². The van der Waals surface area contributed by atoms with Gasteiger partial charge in [-0.3, -0.25) is 4.98 Å². The van der Waals surface area contributed by atoms with Gasteiger partial charge in [-0.1, -0.05) is 11.6 Å². The standard InChI is InChI=1S/C11H15ClN2O2/c1-11(2,3)16-10(15)14-7-9-8(12)5-4-6-13-9/h4-6H,7H2,1-3H3,(H,14,15). The summed E-state index contributed by atoms with van der Waals surface area (Å²) >= 11 is 5.89. The lowest BCUT2D eigenvalue weighted by molar-refractivity contribution is 0.0523. The number of rotatable bonds is 2. The van der Waals surface area contributed by atoms with Gasteiger partial charge in [-0.15, -0.1) is 0 Å². The maximum atomic E-state index is 11.3. The van der Waals surface area contributed by atoms with Gasteiger partial charge in [0.15, 0.2) is 0 Å². The van der Waals surface area contributed by atoms with E-state index in [9.17, 15) is 4.79 Å². The van der Waals surface area contributed by atoms with Crippen LogP contribution < -0.4 is 5.32 Å². The van der Waals surface area contributed by atoms with Crippen molar-refractivity contribution in [2.24, 2.45) is 0 Å². The molecule has 0 saturated carbocycles. The molecule has 0 aromatic carbocycles. The summed E-state index contributed by atoms with van der Waals surface area (Å²) in [6.45, 7) is 5.68. The smallest absolute Gasteiger partial charge is 0.407 e. The van der Waals surface area contributed by atoms with Gasteiger partial charge in [0.05, 0.1) is 17.3 Å². The summed E-state index contributed by atoms with van der Waals surface area (Å²) in [4.78, 5) is 15.4. The normalized spacial score (nSPS) is 11.0. The Kier molecular flexibility index (Phi) is 4.12. The van der Waals surface area contributed by atoms with E-state index in [1.807, 2.05) is 0 Å². The molecule has 4 nitrogen and oxygen atoms in total. The summed E-state index contributed by atoms with van der Waals surface area (Å²) in [5.41, 5.74) is 0.118. The summed E-state index contributed by atoms with van der Waals surface area (Å²) in [6.07, 6.45) is 1.15. The van der Waals surface area contributed by atoms with Crippen molar-refractivity contribution in [3.8, 4) is 0 Å². The minimum absolute atomic E-state index is 0.259. The van der Waals surface area contributed by atoms with Crippen molar-refractivity contribution in [1.82, 2.24) is 10.3 Å². The molecule has 0 aliphatic heterocycles. The zero-order valence-electron chi connectivity index (χ0n) is 9.58. The van der Waals surface area contributed by atoms with Crippen molar-refractivity contribution in [2.75, 3.05) is 0 Å². The zero-order valence-corrected chi connectivity index (χ0v) is 10.3. The highest BCUT2D eigenvalue weighted by atomic mass is 35.5. The molecule has 1 aromatic heterocycles. The van der Waals surface area contributed by atoms with Crippen LogP contribution in [0.5, 0.6) is 0 Å². The van der Waals surface area contributed by atoms with Gasteiger partial charge in [0.1, 0.15) is 5.60 Å². The molecular formula is C11H15ClN2O2. The Labute approximate surface area is 100.0 Å². The van der Waals surface area contributed by atoms with Crippen molar-refractivity contribution < 1.29 is 9.53 Å². The summed E-state index contributed by atoms with van der Waals surface area (Å²) in [7, 11) is 0. The number of nitrogens with one attached hydrogen (secondary N) is 1. The summed E-state index contributed by atoms with van der Waals surface area (Å²) < 4.78 is 5.08. The van der Waals surface area contributed by atoms with Crippen molar-refractivity contribution in [3.05, 3.63) is 29.0 Å². The third kappa shape index (κ3) is 4.49. The summed E-state index contributed by atoms with van der Waals surface area (Å²) in [5, 5.41) is 3.11. The Balaban J connectivity index is 2.47. The van der Waals surface area contributed by atoms with Crippen LogP contribution in [0.25, 0.3) is 0 Å². The molecule has 1 amide bonds. The number of ether oxygens (including phenoxy) is 1. The van der Waals surface area contributed by atoms with E-state index in [0.29, 0.717) is 10.7 Å². The molecule has 1 rings (SSSR count). The lowest BCUT2D eigenvalue weighted by atomic mass is 10.2. The SMILES string of the molecule is CC(C)(C)OC(=O)NCc1ncccc1Cl. The fraction of sp³-hybridized carbons (Fsp3) is 0.455. The number of amides is 1. The lowest BCUT2D eigenvalue weighted by Crippen LogP contribution is -2.32. The van der Waals surface area contributed by atoms with E-state index in [0.717, 1.165) is 0 Å². The number of carbonyl (C=O) groups excluding carboxylic acids is 1. The molecule has 88 valence electrons. The van der Waals surface area contributed by atoms with Gasteiger partial charge in [0.25, 0.3) is 0 Å². The van der Waals surface area contributed by atoms with E-state index in [1.165, 1.54) is 0 Å². The topological polar surface area (TPSA) is 51.2 Å². The number of nitrogens with zero attached hydrogens (tertiary/aromatic N) is 1. The first-order valence-corrected chi connectivity index (χ1v) is 5.32. The Morgan fingerprint density at radius 2 is 2.25 bits per heavy atom. The van der Waals surface area contributed by atoms with Crippen LogP contribution in [0.2, 0.25) is 5.02 Å². The Bertz CT molecular complexity index is 374.